The Kier molecular flexibility index (Phi) is 6.91. The molecule has 0 aliphatic heterocycles. The second-order valence-corrected chi connectivity index (χ2v) is 7.55. The summed E-state index contributed by atoms with van der Waals surface area (Å²) >= 11 is 1.06. The van der Waals surface area contributed by atoms with Gasteiger partial charge in [0.05, 0.1) is 24.9 Å². The van der Waals surface area contributed by atoms with Gasteiger partial charge in [0, 0.05) is 18.8 Å². The first-order valence-corrected chi connectivity index (χ1v) is 10.5. The van der Waals surface area contributed by atoms with E-state index in [1.165, 1.54) is 10.9 Å². The molecule has 1 aromatic carbocycles. The van der Waals surface area contributed by atoms with Crippen LogP contribution in [0.15, 0.2) is 29.3 Å². The molecular formula is C21H23N3O6S. The zero-order chi connectivity index (χ0) is 22.5. The summed E-state index contributed by atoms with van der Waals surface area (Å²) in [6, 6.07) is 5.01. The van der Waals surface area contributed by atoms with Crippen LogP contribution in [0.4, 0.5) is 5.69 Å². The molecule has 31 heavy (non-hydrogen) atoms. The predicted molar refractivity (Wildman–Crippen MR) is 117 cm³/mol. The van der Waals surface area contributed by atoms with E-state index in [1.807, 2.05) is 13.8 Å². The summed E-state index contributed by atoms with van der Waals surface area (Å²) in [6.07, 6.45) is 1.40. The van der Waals surface area contributed by atoms with Gasteiger partial charge < -0.3 is 24.1 Å². The number of carbonyl (C=O) groups is 2. The van der Waals surface area contributed by atoms with Crippen LogP contribution in [0.1, 0.15) is 29.1 Å². The minimum absolute atomic E-state index is 0.240. The fourth-order valence-electron chi connectivity index (χ4n) is 2.93. The molecule has 0 bridgehead atoms. The van der Waals surface area contributed by atoms with Crippen molar-refractivity contribution >= 4 is 39.1 Å². The van der Waals surface area contributed by atoms with Crippen molar-refractivity contribution in [2.24, 2.45) is 7.05 Å². The zero-order valence-corrected chi connectivity index (χ0v) is 18.5. The van der Waals surface area contributed by atoms with E-state index >= 15 is 0 Å². The number of rotatable bonds is 8. The summed E-state index contributed by atoms with van der Waals surface area (Å²) in [5.74, 6) is -0.102. The molecule has 0 fully saturated rings. The normalized spacial score (nSPS) is 10.7. The maximum atomic E-state index is 12.5. The molecule has 2 aromatic heterocycles. The van der Waals surface area contributed by atoms with E-state index in [-0.39, 0.29) is 10.4 Å². The van der Waals surface area contributed by atoms with E-state index in [1.54, 1.807) is 32.2 Å². The molecule has 0 atom stereocenters. The highest BCUT2D eigenvalue weighted by atomic mass is 32.1. The van der Waals surface area contributed by atoms with Crippen LogP contribution in [0, 0.1) is 6.92 Å². The molecule has 9 nitrogen and oxygen atoms in total. The van der Waals surface area contributed by atoms with Gasteiger partial charge in [-0.05, 0) is 38.5 Å². The second-order valence-electron chi connectivity index (χ2n) is 6.55. The Morgan fingerprint density at radius 2 is 1.87 bits per heavy atom. The Bertz CT molecular complexity index is 1180. The molecule has 1 N–H and O–H groups in total. The summed E-state index contributed by atoms with van der Waals surface area (Å²) in [4.78, 5) is 41.9. The Morgan fingerprint density at radius 3 is 2.58 bits per heavy atom. The highest BCUT2D eigenvalue weighted by molar-refractivity contribution is 7.20. The van der Waals surface area contributed by atoms with Crippen molar-refractivity contribution in [3.05, 3.63) is 45.3 Å². The Morgan fingerprint density at radius 1 is 1.16 bits per heavy atom. The standard InChI is InChI=1S/C21H23N3O6S/c1-5-28-14-8-7-13(9-15(14)29-6-2)23-16(25)10-30-21(27)18-12(3)17-19(31-18)22-11-24(4)20(17)26/h7-9,11H,5-6,10H2,1-4H3,(H,23,25). The maximum Gasteiger partial charge on any atom is 0.349 e. The molecule has 3 rings (SSSR count). The van der Waals surface area contributed by atoms with Gasteiger partial charge in [-0.1, -0.05) is 0 Å². The fourth-order valence-corrected chi connectivity index (χ4v) is 3.96. The van der Waals surface area contributed by atoms with Crippen molar-refractivity contribution < 1.29 is 23.8 Å². The van der Waals surface area contributed by atoms with Crippen molar-refractivity contribution in [2.75, 3.05) is 25.1 Å². The van der Waals surface area contributed by atoms with Crippen molar-refractivity contribution in [2.45, 2.75) is 20.8 Å². The largest absolute Gasteiger partial charge is 0.490 e. The highest BCUT2D eigenvalue weighted by Gasteiger charge is 2.21. The Hall–Kier alpha value is -3.40. The molecule has 3 aromatic rings. The van der Waals surface area contributed by atoms with E-state index in [9.17, 15) is 14.4 Å². The first-order valence-electron chi connectivity index (χ1n) is 9.67. The number of fused-ring (bicyclic) bond motifs is 1. The fraction of sp³-hybridized carbons (Fsp3) is 0.333. The van der Waals surface area contributed by atoms with E-state index in [4.69, 9.17) is 14.2 Å². The molecule has 2 heterocycles. The van der Waals surface area contributed by atoms with E-state index in [0.29, 0.717) is 46.2 Å². The lowest BCUT2D eigenvalue weighted by Gasteiger charge is -2.13. The van der Waals surface area contributed by atoms with Crippen molar-refractivity contribution in [3.8, 4) is 11.5 Å². The molecule has 10 heteroatoms. The van der Waals surface area contributed by atoms with Gasteiger partial charge in [0.25, 0.3) is 11.5 Å². The molecular weight excluding hydrogens is 422 g/mol. The van der Waals surface area contributed by atoms with E-state index < -0.39 is 18.5 Å². The van der Waals surface area contributed by atoms with Crippen LogP contribution >= 0.6 is 11.3 Å². The average molecular weight is 445 g/mol. The first-order chi connectivity index (χ1) is 14.8. The number of esters is 1. The number of ether oxygens (including phenoxy) is 3. The number of carbonyl (C=O) groups excluding carboxylic acids is 2. The van der Waals surface area contributed by atoms with Gasteiger partial charge in [-0.2, -0.15) is 0 Å². The number of benzene rings is 1. The van der Waals surface area contributed by atoms with Crippen LogP contribution < -0.4 is 20.3 Å². The quantitative estimate of drug-likeness (QED) is 0.531. The van der Waals surface area contributed by atoms with Gasteiger partial charge in [-0.25, -0.2) is 9.78 Å². The van der Waals surface area contributed by atoms with Crippen molar-refractivity contribution in [3.63, 3.8) is 0 Å². The van der Waals surface area contributed by atoms with Crippen LogP contribution in [0.3, 0.4) is 0 Å². The summed E-state index contributed by atoms with van der Waals surface area (Å²) < 4.78 is 17.5. The summed E-state index contributed by atoms with van der Waals surface area (Å²) in [5, 5.41) is 3.04. The van der Waals surface area contributed by atoms with Crippen LogP contribution in [0.5, 0.6) is 11.5 Å². The van der Waals surface area contributed by atoms with Crippen LogP contribution in [-0.2, 0) is 16.6 Å². The molecule has 0 aliphatic carbocycles. The van der Waals surface area contributed by atoms with Gasteiger partial charge >= 0.3 is 5.97 Å². The molecule has 0 saturated heterocycles. The van der Waals surface area contributed by atoms with Gasteiger partial charge in [0.15, 0.2) is 18.1 Å². The number of aryl methyl sites for hydroxylation is 2. The number of nitrogens with zero attached hydrogens (tertiary/aromatic N) is 2. The van der Waals surface area contributed by atoms with Crippen LogP contribution in [0.2, 0.25) is 0 Å². The lowest BCUT2D eigenvalue weighted by atomic mass is 10.2. The number of hydrogen-bond acceptors (Lipinski definition) is 8. The lowest BCUT2D eigenvalue weighted by molar-refractivity contribution is -0.119. The monoisotopic (exact) mass is 445 g/mol. The maximum absolute atomic E-state index is 12.5. The number of aromatic nitrogens is 2. The summed E-state index contributed by atoms with van der Waals surface area (Å²) in [6.45, 7) is 5.83. The number of thiophene rings is 1. The summed E-state index contributed by atoms with van der Waals surface area (Å²) in [5.41, 5.74) is 0.738. The van der Waals surface area contributed by atoms with Crippen molar-refractivity contribution in [1.82, 2.24) is 9.55 Å². The number of anilines is 1. The molecule has 164 valence electrons. The first kappa shape index (κ1) is 22.3. The third-order valence-electron chi connectivity index (χ3n) is 4.36. The molecule has 0 radical (unpaired) electrons. The van der Waals surface area contributed by atoms with Gasteiger partial charge in [-0.3, -0.25) is 9.59 Å². The molecule has 1 amide bonds. The lowest BCUT2D eigenvalue weighted by Crippen LogP contribution is -2.21. The second kappa shape index (κ2) is 9.61. The molecule has 0 aliphatic rings. The van der Waals surface area contributed by atoms with Gasteiger partial charge in [0.1, 0.15) is 9.71 Å². The average Bonchev–Trinajstić information content (AvgIpc) is 3.08. The Labute approximate surface area is 182 Å². The van der Waals surface area contributed by atoms with Gasteiger partial charge in [-0.15, -0.1) is 11.3 Å². The third-order valence-corrected chi connectivity index (χ3v) is 5.54. The molecule has 0 saturated carbocycles. The predicted octanol–water partition coefficient (Wildman–Crippen LogP) is 2.90. The minimum atomic E-state index is -0.681. The van der Waals surface area contributed by atoms with Crippen LogP contribution in [-0.4, -0.2) is 41.2 Å². The topological polar surface area (TPSA) is 109 Å². The minimum Gasteiger partial charge on any atom is -0.490 e. The number of hydrogen-bond donors (Lipinski definition) is 1. The molecule has 0 unspecified atom stereocenters. The smallest absolute Gasteiger partial charge is 0.349 e. The van der Waals surface area contributed by atoms with E-state index in [2.05, 4.69) is 10.3 Å². The third kappa shape index (κ3) is 4.85. The van der Waals surface area contributed by atoms with Gasteiger partial charge in [0.2, 0.25) is 0 Å². The van der Waals surface area contributed by atoms with Crippen molar-refractivity contribution in [1.29, 1.82) is 0 Å². The van der Waals surface area contributed by atoms with E-state index in [0.717, 1.165) is 11.3 Å². The number of amides is 1. The zero-order valence-electron chi connectivity index (χ0n) is 17.7. The number of nitrogens with one attached hydrogen (secondary N) is 1. The SMILES string of the molecule is CCOc1ccc(NC(=O)COC(=O)c2sc3ncn(C)c(=O)c3c2C)cc1OCC. The van der Waals surface area contributed by atoms with Crippen LogP contribution in [0.25, 0.3) is 10.2 Å². The highest BCUT2D eigenvalue weighted by Crippen LogP contribution is 2.31. The molecule has 0 spiro atoms. The Balaban J connectivity index is 1.67. The summed E-state index contributed by atoms with van der Waals surface area (Å²) in [7, 11) is 1.59.